The molecule has 0 bridgehead atoms. The van der Waals surface area contributed by atoms with Gasteiger partial charge in [-0.15, -0.1) is 0 Å². The van der Waals surface area contributed by atoms with Crippen LogP contribution in [0.15, 0.2) is 78.9 Å². The van der Waals surface area contributed by atoms with Gasteiger partial charge in [-0.2, -0.15) is 0 Å². The van der Waals surface area contributed by atoms with Crippen molar-refractivity contribution in [3.63, 3.8) is 0 Å². The van der Waals surface area contributed by atoms with Crippen molar-refractivity contribution in [3.05, 3.63) is 95.6 Å². The summed E-state index contributed by atoms with van der Waals surface area (Å²) in [6.07, 6.45) is 0. The van der Waals surface area contributed by atoms with Crippen LogP contribution in [0.1, 0.15) is 35.4 Å². The molecule has 3 aromatic carbocycles. The van der Waals surface area contributed by atoms with Crippen LogP contribution in [0.3, 0.4) is 0 Å². The summed E-state index contributed by atoms with van der Waals surface area (Å²) in [5.41, 5.74) is 6.65. The molecule has 3 aromatic rings. The molecule has 0 aromatic heterocycles. The van der Waals surface area contributed by atoms with Gasteiger partial charge in [0.15, 0.2) is 0 Å². The van der Waals surface area contributed by atoms with Gasteiger partial charge in [0.1, 0.15) is 0 Å². The summed E-state index contributed by atoms with van der Waals surface area (Å²) in [6.45, 7) is 3.43. The van der Waals surface area contributed by atoms with Gasteiger partial charge in [-0.05, 0) is 53.4 Å². The van der Waals surface area contributed by atoms with E-state index in [0.717, 1.165) is 6.54 Å². The number of nitrogens with zero attached hydrogens (tertiary/aromatic N) is 2. The van der Waals surface area contributed by atoms with Crippen LogP contribution in [0.25, 0.3) is 0 Å². The molecule has 1 heterocycles. The molecule has 0 amide bonds. The van der Waals surface area contributed by atoms with Gasteiger partial charge in [0.05, 0.1) is 0 Å². The third-order valence-electron chi connectivity index (χ3n) is 6.76. The quantitative estimate of drug-likeness (QED) is 0.588. The Balaban J connectivity index is 1.77. The number of anilines is 2. The summed E-state index contributed by atoms with van der Waals surface area (Å²) in [6, 6.07) is 29.6. The minimum atomic E-state index is 0.294. The second-order valence-corrected chi connectivity index (χ2v) is 9.30. The van der Waals surface area contributed by atoms with Crippen molar-refractivity contribution in [2.24, 2.45) is 5.92 Å². The molecule has 1 N–H and O–H groups in total. The van der Waals surface area contributed by atoms with Crippen LogP contribution in [0, 0.1) is 5.92 Å². The second-order valence-electron chi connectivity index (χ2n) is 9.30. The van der Waals surface area contributed by atoms with Crippen molar-refractivity contribution in [2.45, 2.75) is 24.8 Å². The van der Waals surface area contributed by atoms with E-state index in [1.807, 2.05) is 0 Å². The van der Waals surface area contributed by atoms with Gasteiger partial charge in [-0.25, -0.2) is 0 Å². The summed E-state index contributed by atoms with van der Waals surface area (Å²) >= 11 is 0. The highest BCUT2D eigenvalue weighted by atomic mass is 15.1. The zero-order valence-electron chi connectivity index (χ0n) is 19.4. The minimum Gasteiger partial charge on any atom is -0.378 e. The summed E-state index contributed by atoms with van der Waals surface area (Å²) in [5, 5.41) is 3.91. The highest BCUT2D eigenvalue weighted by Gasteiger charge is 2.40. The molecule has 0 radical (unpaired) electrons. The lowest BCUT2D eigenvalue weighted by atomic mass is 9.75. The minimum absolute atomic E-state index is 0.294. The molecule has 1 aliphatic heterocycles. The highest BCUT2D eigenvalue weighted by Crippen LogP contribution is 2.42. The Morgan fingerprint density at radius 1 is 0.710 bits per heavy atom. The van der Waals surface area contributed by atoms with Crippen LogP contribution in [0.2, 0.25) is 0 Å². The summed E-state index contributed by atoms with van der Waals surface area (Å²) < 4.78 is 0. The number of hydrogen-bond acceptors (Lipinski definition) is 3. The molecule has 31 heavy (non-hydrogen) atoms. The van der Waals surface area contributed by atoms with Gasteiger partial charge in [-0.1, -0.05) is 61.5 Å². The average molecular weight is 414 g/mol. The van der Waals surface area contributed by atoms with Crippen LogP contribution >= 0.6 is 0 Å². The predicted octanol–water partition coefficient (Wildman–Crippen LogP) is 5.34. The van der Waals surface area contributed by atoms with E-state index in [-0.39, 0.29) is 0 Å². The second kappa shape index (κ2) is 9.15. The van der Waals surface area contributed by atoms with E-state index in [9.17, 15) is 0 Å². The Morgan fingerprint density at radius 2 is 1.19 bits per heavy atom. The Bertz CT molecular complexity index is 910. The van der Waals surface area contributed by atoms with E-state index in [0.29, 0.717) is 23.8 Å². The molecule has 1 fully saturated rings. The first-order chi connectivity index (χ1) is 15.0. The van der Waals surface area contributed by atoms with Crippen LogP contribution in [0.5, 0.6) is 0 Å². The largest absolute Gasteiger partial charge is 0.378 e. The molecule has 162 valence electrons. The fourth-order valence-electron chi connectivity index (χ4n) is 5.03. The number of benzene rings is 3. The van der Waals surface area contributed by atoms with Gasteiger partial charge in [0.25, 0.3) is 0 Å². The van der Waals surface area contributed by atoms with Gasteiger partial charge in [0, 0.05) is 57.4 Å². The monoisotopic (exact) mass is 413 g/mol. The van der Waals surface area contributed by atoms with Gasteiger partial charge < -0.3 is 15.1 Å². The predicted molar refractivity (Wildman–Crippen MR) is 134 cm³/mol. The molecular weight excluding hydrogens is 378 g/mol. The lowest BCUT2D eigenvalue weighted by molar-refractivity contribution is 0.457. The Kier molecular flexibility index (Phi) is 6.33. The standard InChI is InChI=1S/C28H35N3/c1-20-19-29-28(26(20)21-9-7-6-8-10-21)27(22-11-15-24(16-12-22)30(2)3)23-13-17-25(18-14-23)31(4)5/h6-18,20,26-29H,19H2,1-5H3/t20-,26-,28+/m0/s1. The Hall–Kier alpha value is -2.78. The lowest BCUT2D eigenvalue weighted by Gasteiger charge is -2.32. The van der Waals surface area contributed by atoms with E-state index in [2.05, 4.69) is 129 Å². The molecule has 1 saturated heterocycles. The van der Waals surface area contributed by atoms with Crippen molar-refractivity contribution in [3.8, 4) is 0 Å². The Labute approximate surface area is 187 Å². The first-order valence-electron chi connectivity index (χ1n) is 11.3. The molecule has 4 rings (SSSR count). The van der Waals surface area contributed by atoms with Crippen LogP contribution in [-0.2, 0) is 0 Å². The smallest absolute Gasteiger partial charge is 0.0361 e. The molecule has 0 aliphatic carbocycles. The molecule has 3 nitrogen and oxygen atoms in total. The van der Waals surface area contributed by atoms with Gasteiger partial charge in [0.2, 0.25) is 0 Å². The highest BCUT2D eigenvalue weighted by molar-refractivity contribution is 5.51. The SMILES string of the molecule is C[C@H]1CN[C@@H](C(c2ccc(N(C)C)cc2)c2ccc(N(C)C)cc2)[C@@H]1c1ccccc1. The molecule has 3 atom stereocenters. The third kappa shape index (κ3) is 4.47. The first kappa shape index (κ1) is 21.5. The molecule has 0 unspecified atom stereocenters. The van der Waals surface area contributed by atoms with Crippen molar-refractivity contribution >= 4 is 11.4 Å². The zero-order valence-corrected chi connectivity index (χ0v) is 19.4. The van der Waals surface area contributed by atoms with Gasteiger partial charge in [-0.3, -0.25) is 0 Å². The summed E-state index contributed by atoms with van der Waals surface area (Å²) in [4.78, 5) is 4.32. The van der Waals surface area contributed by atoms with Gasteiger partial charge >= 0.3 is 0 Å². The summed E-state index contributed by atoms with van der Waals surface area (Å²) in [7, 11) is 8.38. The van der Waals surface area contributed by atoms with E-state index in [1.54, 1.807) is 0 Å². The number of nitrogens with one attached hydrogen (secondary N) is 1. The van der Waals surface area contributed by atoms with Crippen LogP contribution in [-0.4, -0.2) is 40.8 Å². The lowest BCUT2D eigenvalue weighted by Crippen LogP contribution is -2.34. The van der Waals surface area contributed by atoms with Crippen molar-refractivity contribution in [1.82, 2.24) is 5.32 Å². The van der Waals surface area contributed by atoms with Crippen molar-refractivity contribution < 1.29 is 0 Å². The summed E-state index contributed by atoms with van der Waals surface area (Å²) in [5.74, 6) is 1.37. The van der Waals surface area contributed by atoms with Crippen molar-refractivity contribution in [1.29, 1.82) is 0 Å². The van der Waals surface area contributed by atoms with E-state index in [4.69, 9.17) is 0 Å². The fraction of sp³-hybridized carbons (Fsp3) is 0.357. The van der Waals surface area contributed by atoms with Crippen LogP contribution < -0.4 is 15.1 Å². The molecular formula is C28H35N3. The van der Waals surface area contributed by atoms with Crippen molar-refractivity contribution in [2.75, 3.05) is 44.5 Å². The van der Waals surface area contributed by atoms with E-state index >= 15 is 0 Å². The maximum Gasteiger partial charge on any atom is 0.0361 e. The number of hydrogen-bond donors (Lipinski definition) is 1. The average Bonchev–Trinajstić information content (AvgIpc) is 3.16. The maximum atomic E-state index is 3.91. The molecule has 3 heteroatoms. The molecule has 0 spiro atoms. The zero-order chi connectivity index (χ0) is 22.0. The molecule has 0 saturated carbocycles. The maximum absolute atomic E-state index is 3.91. The third-order valence-corrected chi connectivity index (χ3v) is 6.76. The topological polar surface area (TPSA) is 18.5 Å². The van der Waals surface area contributed by atoms with E-state index in [1.165, 1.54) is 28.1 Å². The number of rotatable bonds is 6. The fourth-order valence-corrected chi connectivity index (χ4v) is 5.03. The normalized spacial score (nSPS) is 20.8. The molecule has 1 aliphatic rings. The Morgan fingerprint density at radius 3 is 1.65 bits per heavy atom. The first-order valence-corrected chi connectivity index (χ1v) is 11.3. The van der Waals surface area contributed by atoms with Crippen LogP contribution in [0.4, 0.5) is 11.4 Å². The van der Waals surface area contributed by atoms with E-state index < -0.39 is 0 Å².